The Morgan fingerprint density at radius 1 is 1.67 bits per heavy atom. The lowest BCUT2D eigenvalue weighted by Gasteiger charge is -2.21. The summed E-state index contributed by atoms with van der Waals surface area (Å²) in [6, 6.07) is 0. The van der Waals surface area contributed by atoms with E-state index in [0.29, 0.717) is 4.47 Å². The van der Waals surface area contributed by atoms with E-state index in [-0.39, 0.29) is 12.4 Å². The van der Waals surface area contributed by atoms with Crippen molar-refractivity contribution in [2.45, 2.75) is 23.8 Å². The lowest BCUT2D eigenvalue weighted by molar-refractivity contribution is 0.531. The van der Waals surface area contributed by atoms with E-state index in [1.165, 1.54) is 24.3 Å². The number of nitrogens with zero attached hydrogens (tertiary/aromatic N) is 1. The fourth-order valence-electron chi connectivity index (χ4n) is 1.51. The van der Waals surface area contributed by atoms with Crippen molar-refractivity contribution < 1.29 is 0 Å². The number of thioether (sulfide) groups is 1. The summed E-state index contributed by atoms with van der Waals surface area (Å²) in [5, 5.41) is 4.19. The van der Waals surface area contributed by atoms with Crippen molar-refractivity contribution in [3.05, 3.63) is 15.5 Å². The summed E-state index contributed by atoms with van der Waals surface area (Å²) < 4.78 is 0.655. The summed E-state index contributed by atoms with van der Waals surface area (Å²) in [4.78, 5) is 5.32. The average Bonchev–Trinajstić information content (AvgIpc) is 2.63. The molecule has 0 radical (unpaired) electrons. The predicted molar refractivity (Wildman–Crippen MR) is 71.6 cm³/mol. The van der Waals surface area contributed by atoms with Crippen LogP contribution in [0.4, 0.5) is 0 Å². The van der Waals surface area contributed by atoms with Crippen LogP contribution in [0, 0.1) is 0 Å². The molecule has 0 amide bonds. The Bertz CT molecular complexity index is 287. The van der Waals surface area contributed by atoms with E-state index in [1.54, 1.807) is 11.3 Å². The highest BCUT2D eigenvalue weighted by Crippen LogP contribution is 2.27. The Hall–Kier alpha value is 0.520. The molecule has 1 aliphatic heterocycles. The van der Waals surface area contributed by atoms with Crippen LogP contribution in [0.25, 0.3) is 0 Å². The zero-order valence-corrected chi connectivity index (χ0v) is 11.4. The highest BCUT2D eigenvalue weighted by molar-refractivity contribution is 7.99. The summed E-state index contributed by atoms with van der Waals surface area (Å²) in [5.74, 6) is 1.05. The second-order valence-electron chi connectivity index (χ2n) is 3.36. The smallest absolute Gasteiger partial charge is 0.183 e. The lowest BCUT2D eigenvalue weighted by atomic mass is 10.2. The van der Waals surface area contributed by atoms with E-state index < -0.39 is 0 Å². The minimum Gasteiger partial charge on any atom is -0.316 e. The molecule has 86 valence electrons. The van der Waals surface area contributed by atoms with E-state index in [4.69, 9.17) is 11.6 Å². The van der Waals surface area contributed by atoms with Gasteiger partial charge >= 0.3 is 0 Å². The molecule has 6 heteroatoms. The molecular weight excluding hydrogens is 271 g/mol. The quantitative estimate of drug-likeness (QED) is 0.923. The Labute approximate surface area is 110 Å². The highest BCUT2D eigenvalue weighted by Gasteiger charge is 2.13. The molecular formula is C9H14Cl2N2S2. The second kappa shape index (κ2) is 6.97. The van der Waals surface area contributed by atoms with Crippen molar-refractivity contribution in [2.75, 3.05) is 13.1 Å². The third-order valence-electron chi connectivity index (χ3n) is 2.24. The monoisotopic (exact) mass is 284 g/mol. The van der Waals surface area contributed by atoms with Gasteiger partial charge < -0.3 is 5.32 Å². The molecule has 0 saturated carbocycles. The number of halogens is 2. The van der Waals surface area contributed by atoms with Gasteiger partial charge in [-0.05, 0) is 19.4 Å². The first-order valence-corrected chi connectivity index (χ1v) is 7.01. The molecule has 1 atom stereocenters. The highest BCUT2D eigenvalue weighted by atomic mass is 35.5. The van der Waals surface area contributed by atoms with Gasteiger partial charge in [-0.2, -0.15) is 11.8 Å². The van der Waals surface area contributed by atoms with Gasteiger partial charge in [0.15, 0.2) is 4.47 Å². The third-order valence-corrected chi connectivity index (χ3v) is 4.89. The van der Waals surface area contributed by atoms with Crippen LogP contribution in [-0.4, -0.2) is 23.3 Å². The number of thiazole rings is 1. The zero-order chi connectivity index (χ0) is 9.80. The number of hydrogen-bond acceptors (Lipinski definition) is 4. The summed E-state index contributed by atoms with van der Waals surface area (Å²) in [5.41, 5.74) is 0. The maximum Gasteiger partial charge on any atom is 0.183 e. The van der Waals surface area contributed by atoms with Gasteiger partial charge in [0.25, 0.3) is 0 Å². The van der Waals surface area contributed by atoms with Crippen molar-refractivity contribution in [1.82, 2.24) is 10.3 Å². The average molecular weight is 285 g/mol. The van der Waals surface area contributed by atoms with Crippen LogP contribution in [0.1, 0.15) is 17.7 Å². The minimum atomic E-state index is 0. The van der Waals surface area contributed by atoms with Crippen LogP contribution in [-0.2, 0) is 5.75 Å². The topological polar surface area (TPSA) is 24.9 Å². The van der Waals surface area contributed by atoms with Crippen LogP contribution >= 0.6 is 47.1 Å². The van der Waals surface area contributed by atoms with Gasteiger partial charge in [0.2, 0.25) is 0 Å². The van der Waals surface area contributed by atoms with E-state index in [9.17, 15) is 0 Å². The number of rotatable bonds is 3. The molecule has 1 aromatic heterocycles. The molecule has 2 rings (SSSR count). The van der Waals surface area contributed by atoms with Crippen molar-refractivity contribution in [3.63, 3.8) is 0 Å². The van der Waals surface area contributed by atoms with Gasteiger partial charge in [-0.3, -0.25) is 0 Å². The maximum atomic E-state index is 5.77. The minimum absolute atomic E-state index is 0. The molecule has 1 fully saturated rings. The van der Waals surface area contributed by atoms with E-state index in [0.717, 1.165) is 17.5 Å². The Kier molecular flexibility index (Phi) is 6.31. The maximum absolute atomic E-state index is 5.77. The Morgan fingerprint density at radius 3 is 3.13 bits per heavy atom. The molecule has 0 aliphatic carbocycles. The standard InChI is InChI=1S/C9H13ClN2S2.ClH/c10-9-12-5-8(14-9)6-13-7-2-1-3-11-4-7;/h5,7,11H,1-4,6H2;1H. The molecule has 1 aromatic rings. The second-order valence-corrected chi connectivity index (χ2v) is 6.34. The fraction of sp³-hybridized carbons (Fsp3) is 0.667. The van der Waals surface area contributed by atoms with Crippen molar-refractivity contribution in [1.29, 1.82) is 0 Å². The first kappa shape index (κ1) is 13.6. The van der Waals surface area contributed by atoms with Gasteiger partial charge in [-0.15, -0.1) is 23.7 Å². The molecule has 0 spiro atoms. The molecule has 2 nitrogen and oxygen atoms in total. The summed E-state index contributed by atoms with van der Waals surface area (Å²) >= 11 is 9.37. The van der Waals surface area contributed by atoms with E-state index >= 15 is 0 Å². The Balaban J connectivity index is 0.00000112. The van der Waals surface area contributed by atoms with Gasteiger partial charge in [0.1, 0.15) is 0 Å². The lowest BCUT2D eigenvalue weighted by Crippen LogP contribution is -2.31. The zero-order valence-electron chi connectivity index (χ0n) is 8.24. The van der Waals surface area contributed by atoms with Gasteiger partial charge in [-0.25, -0.2) is 4.98 Å². The molecule has 1 unspecified atom stereocenters. The largest absolute Gasteiger partial charge is 0.316 e. The van der Waals surface area contributed by atoms with Crippen LogP contribution in [0.15, 0.2) is 6.20 Å². The van der Waals surface area contributed by atoms with E-state index in [2.05, 4.69) is 10.3 Å². The third kappa shape index (κ3) is 4.49. The SMILES string of the molecule is Cl.Clc1ncc(CSC2CCCNC2)s1. The summed E-state index contributed by atoms with van der Waals surface area (Å²) in [6.45, 7) is 2.33. The predicted octanol–water partition coefficient (Wildman–Crippen LogP) is 3.20. The Morgan fingerprint density at radius 2 is 2.53 bits per heavy atom. The molecule has 1 saturated heterocycles. The summed E-state index contributed by atoms with van der Waals surface area (Å²) in [6.07, 6.45) is 4.53. The first-order valence-electron chi connectivity index (χ1n) is 4.77. The molecule has 0 bridgehead atoms. The van der Waals surface area contributed by atoms with Crippen LogP contribution in [0.5, 0.6) is 0 Å². The van der Waals surface area contributed by atoms with Crippen molar-refractivity contribution >= 4 is 47.1 Å². The van der Waals surface area contributed by atoms with Crippen molar-refractivity contribution in [3.8, 4) is 0 Å². The van der Waals surface area contributed by atoms with Crippen LogP contribution < -0.4 is 5.32 Å². The molecule has 2 heterocycles. The molecule has 0 aromatic carbocycles. The normalized spacial score (nSPS) is 21.0. The first-order chi connectivity index (χ1) is 6.84. The number of nitrogens with one attached hydrogen (secondary N) is 1. The molecule has 1 N–H and O–H groups in total. The van der Waals surface area contributed by atoms with Gasteiger partial charge in [-0.1, -0.05) is 11.6 Å². The molecule has 1 aliphatic rings. The number of hydrogen-bond donors (Lipinski definition) is 1. The van der Waals surface area contributed by atoms with E-state index in [1.807, 2.05) is 18.0 Å². The van der Waals surface area contributed by atoms with Gasteiger partial charge in [0, 0.05) is 28.6 Å². The number of piperidine rings is 1. The van der Waals surface area contributed by atoms with Crippen LogP contribution in [0.2, 0.25) is 4.47 Å². The van der Waals surface area contributed by atoms with Crippen LogP contribution in [0.3, 0.4) is 0 Å². The molecule has 15 heavy (non-hydrogen) atoms. The van der Waals surface area contributed by atoms with Crippen molar-refractivity contribution in [2.24, 2.45) is 0 Å². The number of aromatic nitrogens is 1. The summed E-state index contributed by atoms with van der Waals surface area (Å²) in [7, 11) is 0. The fourth-order valence-corrected chi connectivity index (χ4v) is 3.77. The van der Waals surface area contributed by atoms with Gasteiger partial charge in [0.05, 0.1) is 0 Å².